The van der Waals surface area contributed by atoms with E-state index in [1.54, 1.807) is 35.0 Å². The minimum Gasteiger partial charge on any atom is -0.668 e. The van der Waals surface area contributed by atoms with Gasteiger partial charge in [-0.15, -0.1) is 0 Å². The van der Waals surface area contributed by atoms with Crippen molar-refractivity contribution in [1.82, 2.24) is 0 Å². The molecule has 0 aliphatic heterocycles. The van der Waals surface area contributed by atoms with Crippen LogP contribution in [0.15, 0.2) is 3.34 Å². The Morgan fingerprint density at radius 2 is 1.24 bits per heavy atom. The van der Waals surface area contributed by atoms with Gasteiger partial charge < -0.3 is 18.2 Å². The smallest absolute Gasteiger partial charge is 0.0582 e. The number of nitrogens with zero attached hydrogens (tertiary/aromatic N) is 2. The second-order valence-corrected chi connectivity index (χ2v) is 6.24. The first-order chi connectivity index (χ1) is 10.2. The standard InChI is InChI=1S/2C6H11.C4H9N.C2H6N.Nb/c2*1-2-4-6-5-3-1;1-3-4(2)5;1-3-2;/h2*1H,2-6H2;4H,3H2,1-2H3;1-2H3;/q2*-1;;-1;. The van der Waals surface area contributed by atoms with E-state index in [2.05, 4.69) is 35.3 Å². The summed E-state index contributed by atoms with van der Waals surface area (Å²) in [4.78, 5) is 0. The summed E-state index contributed by atoms with van der Waals surface area (Å²) in [5.41, 5.74) is 0. The second kappa shape index (κ2) is 22.8. The number of hydrogen-bond acceptors (Lipinski definition) is 1. The van der Waals surface area contributed by atoms with Crippen LogP contribution in [0.1, 0.15) is 84.5 Å². The monoisotopic (exact) mass is 374 g/mol. The maximum absolute atomic E-state index is 4.06. The minimum atomic E-state index is 0.582. The Bertz CT molecular complexity index is 143. The van der Waals surface area contributed by atoms with Crippen molar-refractivity contribution in [3.8, 4) is 0 Å². The molecule has 2 saturated carbocycles. The first-order valence-corrected chi connectivity index (χ1v) is 9.66. The Balaban J connectivity index is 0. The van der Waals surface area contributed by atoms with Crippen LogP contribution in [-0.4, -0.2) is 20.1 Å². The van der Waals surface area contributed by atoms with Crippen molar-refractivity contribution in [3.05, 3.63) is 18.2 Å². The van der Waals surface area contributed by atoms with Crippen LogP contribution in [0.4, 0.5) is 0 Å². The average molecular weight is 374 g/mol. The van der Waals surface area contributed by atoms with E-state index in [9.17, 15) is 0 Å². The molecule has 0 bridgehead atoms. The van der Waals surface area contributed by atoms with E-state index in [-0.39, 0.29) is 0 Å². The van der Waals surface area contributed by atoms with Gasteiger partial charge in [-0.2, -0.15) is 39.8 Å². The molecule has 3 heteroatoms. The molecule has 1 unspecified atom stereocenters. The van der Waals surface area contributed by atoms with Crippen LogP contribution in [0, 0.1) is 12.8 Å². The van der Waals surface area contributed by atoms with E-state index in [1.807, 2.05) is 0 Å². The van der Waals surface area contributed by atoms with Crippen LogP contribution in [-0.2, 0) is 20.9 Å². The van der Waals surface area contributed by atoms with Crippen molar-refractivity contribution in [2.45, 2.75) is 90.5 Å². The topological polar surface area (TPSA) is 26.5 Å². The first-order valence-electron chi connectivity index (χ1n) is 8.68. The molecule has 0 heterocycles. The molecule has 0 aromatic carbocycles. The predicted octanol–water partition coefficient (Wildman–Crippen LogP) is 6.44. The van der Waals surface area contributed by atoms with Gasteiger partial charge in [0, 0.05) is 0 Å². The molecule has 2 nitrogen and oxygen atoms in total. The fourth-order valence-corrected chi connectivity index (χ4v) is 2.28. The van der Waals surface area contributed by atoms with E-state index in [0.29, 0.717) is 6.04 Å². The zero-order valence-corrected chi connectivity index (χ0v) is 17.1. The third-order valence-electron chi connectivity index (χ3n) is 3.42. The zero-order valence-electron chi connectivity index (χ0n) is 14.9. The molecule has 127 valence electrons. The van der Waals surface area contributed by atoms with Crippen LogP contribution in [0.5, 0.6) is 0 Å². The van der Waals surface area contributed by atoms with E-state index >= 15 is 0 Å². The average Bonchev–Trinajstić information content (AvgIpc) is 2.59. The summed E-state index contributed by atoms with van der Waals surface area (Å²) in [6, 6.07) is 0.582. The predicted molar refractivity (Wildman–Crippen MR) is 92.2 cm³/mol. The Morgan fingerprint density at radius 3 is 1.29 bits per heavy atom. The van der Waals surface area contributed by atoms with Crippen LogP contribution < -0.4 is 0 Å². The molecular weight excluding hydrogens is 337 g/mol. The molecule has 2 aliphatic rings. The largest absolute Gasteiger partial charge is 0.668 e. The quantitative estimate of drug-likeness (QED) is 0.392. The number of rotatable bonds is 2. The summed E-state index contributed by atoms with van der Waals surface area (Å²) >= 11 is 1.55. The van der Waals surface area contributed by atoms with Gasteiger partial charge in [0.2, 0.25) is 0 Å². The summed E-state index contributed by atoms with van der Waals surface area (Å²) < 4.78 is 4.06. The van der Waals surface area contributed by atoms with Crippen molar-refractivity contribution in [1.29, 1.82) is 0 Å². The third-order valence-corrected chi connectivity index (χ3v) is 4.39. The summed E-state index contributed by atoms with van der Waals surface area (Å²) in [6.07, 6.45) is 20.2. The van der Waals surface area contributed by atoms with Gasteiger partial charge in [0.25, 0.3) is 0 Å². The molecule has 2 fully saturated rings. The van der Waals surface area contributed by atoms with Crippen LogP contribution in [0.3, 0.4) is 0 Å². The molecule has 0 radical (unpaired) electrons. The number of hydrogen-bond donors (Lipinski definition) is 0. The second-order valence-electron chi connectivity index (χ2n) is 5.67. The molecule has 21 heavy (non-hydrogen) atoms. The molecule has 0 spiro atoms. The zero-order chi connectivity index (χ0) is 16.2. The van der Waals surface area contributed by atoms with Crippen LogP contribution >= 0.6 is 0 Å². The van der Waals surface area contributed by atoms with Gasteiger partial charge in [-0.3, -0.25) is 0 Å². The maximum atomic E-state index is 4.06. The van der Waals surface area contributed by atoms with Crippen molar-refractivity contribution in [2.24, 2.45) is 3.34 Å². The first kappa shape index (κ1) is 23.8. The SMILES string of the molecule is CCC(C)[N]=[Nb].C[N-]C.[CH-]1CCCCC1.[CH-]1CCCCC1. The Morgan fingerprint density at radius 1 is 0.905 bits per heavy atom. The van der Waals surface area contributed by atoms with E-state index in [1.165, 1.54) is 70.6 Å². The molecule has 0 aromatic heterocycles. The Hall–Kier alpha value is 0.500. The van der Waals surface area contributed by atoms with Crippen molar-refractivity contribution >= 4 is 0 Å². The van der Waals surface area contributed by atoms with Crippen LogP contribution in [0.2, 0.25) is 0 Å². The maximum Gasteiger partial charge on any atom is -0.0582 e. The van der Waals surface area contributed by atoms with Gasteiger partial charge in [0.15, 0.2) is 0 Å². The molecule has 2 aliphatic carbocycles. The minimum absolute atomic E-state index is 0.582. The molecule has 0 aromatic rings. The van der Waals surface area contributed by atoms with Crippen molar-refractivity contribution in [2.75, 3.05) is 14.1 Å². The van der Waals surface area contributed by atoms with Gasteiger partial charge >= 0.3 is 50.5 Å². The molecule has 0 saturated heterocycles. The summed E-state index contributed by atoms with van der Waals surface area (Å²) in [5.74, 6) is 0. The molecule has 2 rings (SSSR count). The fraction of sp³-hybridized carbons (Fsp3) is 0.889. The van der Waals surface area contributed by atoms with E-state index < -0.39 is 0 Å². The van der Waals surface area contributed by atoms with Gasteiger partial charge in [-0.1, -0.05) is 38.5 Å². The van der Waals surface area contributed by atoms with Gasteiger partial charge in [-0.25, -0.2) is 0 Å². The van der Waals surface area contributed by atoms with Gasteiger partial charge in [0.05, 0.1) is 0 Å². The third kappa shape index (κ3) is 25.8. The Labute approximate surface area is 147 Å². The molecule has 0 N–H and O–H groups in total. The van der Waals surface area contributed by atoms with E-state index in [4.69, 9.17) is 0 Å². The fourth-order valence-electron chi connectivity index (χ4n) is 1.88. The summed E-state index contributed by atoms with van der Waals surface area (Å²) in [7, 11) is 3.50. The summed E-state index contributed by atoms with van der Waals surface area (Å²) in [6.45, 7) is 4.27. The van der Waals surface area contributed by atoms with E-state index in [0.717, 1.165) is 0 Å². The summed E-state index contributed by atoms with van der Waals surface area (Å²) in [5, 5.41) is 3.50. The normalized spacial score (nSPS) is 18.4. The van der Waals surface area contributed by atoms with Crippen LogP contribution in [0.25, 0.3) is 5.32 Å². The van der Waals surface area contributed by atoms with Gasteiger partial charge in [-0.05, 0) is 0 Å². The Kier molecular flexibility index (Phi) is 25.8. The molecule has 1 atom stereocenters. The van der Waals surface area contributed by atoms with Gasteiger partial charge in [0.1, 0.15) is 0 Å². The molecular formula is C18H37N2Nb-3. The van der Waals surface area contributed by atoms with Crippen molar-refractivity contribution < 1.29 is 20.9 Å². The van der Waals surface area contributed by atoms with Crippen molar-refractivity contribution in [3.63, 3.8) is 0 Å². The molecule has 0 amide bonds.